The number of hydrogen-bond donors (Lipinski definition) is 2. The molecule has 0 amide bonds. The molecule has 0 saturated carbocycles. The van der Waals surface area contributed by atoms with Gasteiger partial charge in [-0.15, -0.1) is 0 Å². The van der Waals surface area contributed by atoms with Crippen molar-refractivity contribution < 1.29 is 4.74 Å². The minimum absolute atomic E-state index is 0.443. The highest BCUT2D eigenvalue weighted by Gasteiger charge is 2.05. The third-order valence-corrected chi connectivity index (χ3v) is 2.89. The molecule has 3 nitrogen and oxygen atoms in total. The summed E-state index contributed by atoms with van der Waals surface area (Å²) in [5.41, 5.74) is 1.17. The van der Waals surface area contributed by atoms with Crippen LogP contribution in [0.25, 0.3) is 0 Å². The van der Waals surface area contributed by atoms with Gasteiger partial charge in [-0.05, 0) is 26.1 Å². The number of likely N-dealkylation sites (N-methyl/N-ethyl adjacent to an activating group) is 1. The maximum absolute atomic E-state index is 5.33. The molecule has 1 rings (SSSR count). The number of benzene rings is 1. The maximum Gasteiger partial charge on any atom is 0.124 e. The van der Waals surface area contributed by atoms with Gasteiger partial charge in [-0.2, -0.15) is 0 Å². The average Bonchev–Trinajstić information content (AvgIpc) is 2.27. The van der Waals surface area contributed by atoms with Gasteiger partial charge in [0.2, 0.25) is 0 Å². The van der Waals surface area contributed by atoms with Gasteiger partial charge in [0.05, 0.1) is 7.11 Å². The van der Waals surface area contributed by atoms with Gasteiger partial charge < -0.3 is 15.4 Å². The zero-order valence-corrected chi connectivity index (χ0v) is 11.6. The minimum atomic E-state index is 0.443. The fraction of sp³-hybridized carbons (Fsp3) is 0.500. The summed E-state index contributed by atoms with van der Waals surface area (Å²) in [5.74, 6) is 0.915. The summed E-state index contributed by atoms with van der Waals surface area (Å²) in [5, 5.41) is 6.58. The monoisotopic (exact) mass is 286 g/mol. The van der Waals surface area contributed by atoms with Crippen LogP contribution in [-0.4, -0.2) is 26.7 Å². The Bertz CT molecular complexity index is 331. The van der Waals surface area contributed by atoms with E-state index in [4.69, 9.17) is 4.74 Å². The fourth-order valence-electron chi connectivity index (χ4n) is 1.53. The predicted molar refractivity (Wildman–Crippen MR) is 70.9 cm³/mol. The SMILES string of the molecule is CNCC(C)NCc1ccc(Br)cc1OC. The molecule has 1 aromatic carbocycles. The third-order valence-electron chi connectivity index (χ3n) is 2.40. The Morgan fingerprint density at radius 3 is 2.81 bits per heavy atom. The van der Waals surface area contributed by atoms with Crippen LogP contribution in [0.2, 0.25) is 0 Å². The zero-order valence-electron chi connectivity index (χ0n) is 10.0. The van der Waals surface area contributed by atoms with Crippen molar-refractivity contribution in [1.82, 2.24) is 10.6 Å². The zero-order chi connectivity index (χ0) is 12.0. The van der Waals surface area contributed by atoms with E-state index in [1.54, 1.807) is 7.11 Å². The molecule has 0 fully saturated rings. The molecule has 16 heavy (non-hydrogen) atoms. The first-order valence-electron chi connectivity index (χ1n) is 5.37. The van der Waals surface area contributed by atoms with E-state index >= 15 is 0 Å². The number of hydrogen-bond acceptors (Lipinski definition) is 3. The van der Waals surface area contributed by atoms with E-state index in [1.807, 2.05) is 19.2 Å². The molecule has 0 heterocycles. The number of ether oxygens (including phenoxy) is 1. The van der Waals surface area contributed by atoms with E-state index in [2.05, 4.69) is 39.6 Å². The lowest BCUT2D eigenvalue weighted by atomic mass is 10.2. The topological polar surface area (TPSA) is 33.3 Å². The normalized spacial score (nSPS) is 12.5. The van der Waals surface area contributed by atoms with Gasteiger partial charge in [0, 0.05) is 29.2 Å². The van der Waals surface area contributed by atoms with E-state index in [9.17, 15) is 0 Å². The number of methoxy groups -OCH3 is 1. The lowest BCUT2D eigenvalue weighted by Gasteiger charge is -2.15. The summed E-state index contributed by atoms with van der Waals surface area (Å²) in [6.45, 7) is 3.93. The van der Waals surface area contributed by atoms with Gasteiger partial charge in [0.1, 0.15) is 5.75 Å². The maximum atomic E-state index is 5.33. The van der Waals surface area contributed by atoms with Crippen LogP contribution < -0.4 is 15.4 Å². The third kappa shape index (κ3) is 4.12. The van der Waals surface area contributed by atoms with Crippen LogP contribution in [0.5, 0.6) is 5.75 Å². The molecule has 0 bridgehead atoms. The highest BCUT2D eigenvalue weighted by atomic mass is 79.9. The van der Waals surface area contributed by atoms with Crippen LogP contribution in [0.1, 0.15) is 12.5 Å². The van der Waals surface area contributed by atoms with E-state index in [0.717, 1.165) is 23.3 Å². The minimum Gasteiger partial charge on any atom is -0.496 e. The van der Waals surface area contributed by atoms with Crippen molar-refractivity contribution in [2.45, 2.75) is 19.5 Å². The van der Waals surface area contributed by atoms with Crippen molar-refractivity contribution in [1.29, 1.82) is 0 Å². The van der Waals surface area contributed by atoms with E-state index in [-0.39, 0.29) is 0 Å². The second kappa shape index (κ2) is 6.89. The molecule has 0 spiro atoms. The summed E-state index contributed by atoms with van der Waals surface area (Å²) >= 11 is 3.43. The largest absolute Gasteiger partial charge is 0.496 e. The van der Waals surface area contributed by atoms with Gasteiger partial charge in [0.15, 0.2) is 0 Å². The van der Waals surface area contributed by atoms with Crippen LogP contribution >= 0.6 is 15.9 Å². The Hall–Kier alpha value is -0.580. The molecular weight excluding hydrogens is 268 g/mol. The Morgan fingerprint density at radius 2 is 2.19 bits per heavy atom. The summed E-state index contributed by atoms with van der Waals surface area (Å²) < 4.78 is 6.37. The van der Waals surface area contributed by atoms with Crippen molar-refractivity contribution in [2.75, 3.05) is 20.7 Å². The first-order chi connectivity index (χ1) is 7.67. The lowest BCUT2D eigenvalue weighted by Crippen LogP contribution is -2.34. The van der Waals surface area contributed by atoms with Gasteiger partial charge >= 0.3 is 0 Å². The molecule has 0 aliphatic heterocycles. The molecule has 0 radical (unpaired) electrons. The van der Waals surface area contributed by atoms with Crippen molar-refractivity contribution in [2.24, 2.45) is 0 Å². The van der Waals surface area contributed by atoms with Gasteiger partial charge in [-0.1, -0.05) is 22.0 Å². The van der Waals surface area contributed by atoms with Crippen LogP contribution in [0.4, 0.5) is 0 Å². The van der Waals surface area contributed by atoms with Gasteiger partial charge in [-0.3, -0.25) is 0 Å². The molecule has 1 atom stereocenters. The summed E-state index contributed by atoms with van der Waals surface area (Å²) in [4.78, 5) is 0. The summed E-state index contributed by atoms with van der Waals surface area (Å²) in [7, 11) is 3.65. The number of halogens is 1. The molecule has 2 N–H and O–H groups in total. The van der Waals surface area contributed by atoms with Crippen LogP contribution in [0, 0.1) is 0 Å². The quantitative estimate of drug-likeness (QED) is 0.841. The van der Waals surface area contributed by atoms with Crippen LogP contribution in [0.3, 0.4) is 0 Å². The van der Waals surface area contributed by atoms with Crippen molar-refractivity contribution in [3.8, 4) is 5.75 Å². The predicted octanol–water partition coefficient (Wildman–Crippen LogP) is 2.16. The van der Waals surface area contributed by atoms with E-state index in [1.165, 1.54) is 5.56 Å². The second-order valence-corrected chi connectivity index (χ2v) is 4.71. The molecular formula is C12H19BrN2O. The molecule has 90 valence electrons. The Morgan fingerprint density at radius 1 is 1.44 bits per heavy atom. The lowest BCUT2D eigenvalue weighted by molar-refractivity contribution is 0.405. The molecule has 0 aromatic heterocycles. The second-order valence-electron chi connectivity index (χ2n) is 3.80. The molecule has 4 heteroatoms. The first kappa shape index (κ1) is 13.5. The van der Waals surface area contributed by atoms with Crippen LogP contribution in [0.15, 0.2) is 22.7 Å². The van der Waals surface area contributed by atoms with E-state index in [0.29, 0.717) is 6.04 Å². The highest BCUT2D eigenvalue weighted by molar-refractivity contribution is 9.10. The van der Waals surface area contributed by atoms with Gasteiger partial charge in [0.25, 0.3) is 0 Å². The Labute approximate surface area is 106 Å². The molecule has 1 unspecified atom stereocenters. The molecule has 0 saturated heterocycles. The summed E-state index contributed by atoms with van der Waals surface area (Å²) in [6, 6.07) is 6.53. The van der Waals surface area contributed by atoms with Crippen molar-refractivity contribution in [3.63, 3.8) is 0 Å². The Balaban J connectivity index is 2.59. The smallest absolute Gasteiger partial charge is 0.124 e. The van der Waals surface area contributed by atoms with Crippen molar-refractivity contribution in [3.05, 3.63) is 28.2 Å². The molecule has 0 aliphatic rings. The van der Waals surface area contributed by atoms with E-state index < -0.39 is 0 Å². The number of rotatable bonds is 6. The standard InChI is InChI=1S/C12H19BrN2O/c1-9(7-14-2)15-8-10-4-5-11(13)6-12(10)16-3/h4-6,9,14-15H,7-8H2,1-3H3. The first-order valence-corrected chi connectivity index (χ1v) is 6.17. The van der Waals surface area contributed by atoms with Crippen LogP contribution in [-0.2, 0) is 6.54 Å². The Kier molecular flexibility index (Phi) is 5.80. The molecule has 1 aromatic rings. The van der Waals surface area contributed by atoms with Gasteiger partial charge in [-0.25, -0.2) is 0 Å². The average molecular weight is 287 g/mol. The number of nitrogens with one attached hydrogen (secondary N) is 2. The summed E-state index contributed by atoms with van der Waals surface area (Å²) in [6.07, 6.45) is 0. The highest BCUT2D eigenvalue weighted by Crippen LogP contribution is 2.23. The molecule has 0 aliphatic carbocycles. The fourth-order valence-corrected chi connectivity index (χ4v) is 1.87. The van der Waals surface area contributed by atoms with Crippen molar-refractivity contribution >= 4 is 15.9 Å².